The van der Waals surface area contributed by atoms with Crippen molar-refractivity contribution in [3.05, 3.63) is 0 Å². The molecule has 0 aliphatic carbocycles. The number of hydrogen-bond donors (Lipinski definition) is 0. The minimum atomic E-state index is -4.15. The van der Waals surface area contributed by atoms with Crippen molar-refractivity contribution in [1.29, 1.82) is 0 Å². The molecular formula is C11H8Cl4FeS. The van der Waals surface area contributed by atoms with Crippen molar-refractivity contribution in [2.75, 3.05) is 6.26 Å². The molecule has 10 aliphatic heterocycles. The first-order chi connectivity index (χ1) is 7.68. The van der Waals surface area contributed by atoms with Gasteiger partial charge in [0.2, 0.25) is 0 Å². The van der Waals surface area contributed by atoms with E-state index in [1.165, 1.54) is 0 Å². The van der Waals surface area contributed by atoms with Gasteiger partial charge in [-0.3, -0.25) is 0 Å². The molecular weight excluding hydrogens is 362 g/mol. The van der Waals surface area contributed by atoms with Gasteiger partial charge in [-0.25, -0.2) is 0 Å². The van der Waals surface area contributed by atoms with E-state index in [9.17, 15) is 0 Å². The Morgan fingerprint density at radius 1 is 0.765 bits per heavy atom. The van der Waals surface area contributed by atoms with Gasteiger partial charge in [0.25, 0.3) is 0 Å². The number of fused-ring (bicyclic) bond motifs is 10. The molecule has 1 spiro atoms. The Kier molecular flexibility index (Phi) is 0.280. The Morgan fingerprint density at radius 2 is 1.12 bits per heavy atom. The van der Waals surface area contributed by atoms with Crippen LogP contribution in [0.3, 0.4) is 0 Å². The Bertz CT molecular complexity index is 1010. The van der Waals surface area contributed by atoms with Crippen LogP contribution in [0.4, 0.5) is 0 Å². The molecule has 0 N–H and O–H groups in total. The van der Waals surface area contributed by atoms with Gasteiger partial charge < -0.3 is 0 Å². The number of halogens is 4. The molecule has 0 radical (unpaired) electrons. The molecule has 0 aromatic heterocycles. The first kappa shape index (κ1) is 7.87. The number of thioether (sulfide) groups is 1. The van der Waals surface area contributed by atoms with Crippen LogP contribution in [-0.4, -0.2) is 25.0 Å². The fourth-order valence-corrected chi connectivity index (χ4v) is 125. The average Bonchev–Trinajstić information content (AvgIpc) is 3.25. The van der Waals surface area contributed by atoms with Gasteiger partial charge in [0.05, 0.1) is 0 Å². The van der Waals surface area contributed by atoms with Crippen LogP contribution in [0.25, 0.3) is 0 Å². The van der Waals surface area contributed by atoms with E-state index in [0.29, 0.717) is 0 Å². The fraction of sp³-hybridized carbons (Fsp3) is 1.00. The van der Waals surface area contributed by atoms with Crippen LogP contribution in [0, 0.1) is 0 Å². The Hall–Kier alpha value is 2.03. The van der Waals surface area contributed by atoms with Gasteiger partial charge in [-0.2, -0.15) is 0 Å². The van der Waals surface area contributed by atoms with Crippen molar-refractivity contribution in [1.82, 2.24) is 0 Å². The zero-order valence-electron chi connectivity index (χ0n) is 8.66. The number of alkyl halides is 4. The number of rotatable bonds is 1. The van der Waals surface area contributed by atoms with E-state index in [2.05, 4.69) is 6.26 Å². The maximum absolute atomic E-state index is 7.34. The third-order valence-electron chi connectivity index (χ3n) is 14.8. The minimum absolute atomic E-state index is 0.0613. The third kappa shape index (κ3) is 0.0612. The van der Waals surface area contributed by atoms with E-state index in [0.717, 1.165) is 24.1 Å². The predicted octanol–water partition coefficient (Wildman–Crippen LogP) is 4.23. The second-order valence-corrected chi connectivity index (χ2v) is 36.8. The monoisotopic (exact) mass is 368 g/mol. The van der Waals surface area contributed by atoms with Crippen LogP contribution in [-0.2, 0) is 6.51 Å². The van der Waals surface area contributed by atoms with Gasteiger partial charge >= 0.3 is 114 Å². The third-order valence-corrected chi connectivity index (χ3v) is 75.6. The molecule has 0 nitrogen and oxygen atoms in total. The van der Waals surface area contributed by atoms with Crippen molar-refractivity contribution in [2.45, 2.75) is 42.8 Å². The summed E-state index contributed by atoms with van der Waals surface area (Å²) in [7, 11) is 0. The summed E-state index contributed by atoms with van der Waals surface area (Å²) in [5.74, 6) is 0. The summed E-state index contributed by atoms with van der Waals surface area (Å²) < 4.78 is -0.214. The molecule has 0 aromatic rings. The molecule has 10 rings (SSSR count). The second-order valence-electron chi connectivity index (χ2n) is 9.77. The summed E-state index contributed by atoms with van der Waals surface area (Å²) in [5.41, 5.74) is 0. The van der Waals surface area contributed by atoms with Crippen molar-refractivity contribution in [3.63, 3.8) is 0 Å². The SMILES string of the molecule is CS[C]12[C]3(Cl)[C]4(Cl)[C]5(Cl)[C]1(Cl)[Fe]45321678[CH]2[CH]1[CH]6[CH]7[CH]28. The molecule has 6 heteroatoms. The predicted molar refractivity (Wildman–Crippen MR) is 69.3 cm³/mol. The van der Waals surface area contributed by atoms with Crippen molar-refractivity contribution < 1.29 is 6.51 Å². The second kappa shape index (κ2) is 0.604. The summed E-state index contributed by atoms with van der Waals surface area (Å²) >= 11 is 31.2. The molecule has 94 valence electrons. The number of hydrogen-bond acceptors (Lipinski definition) is 1. The van der Waals surface area contributed by atoms with Crippen molar-refractivity contribution in [2.24, 2.45) is 0 Å². The molecule has 4 atom stereocenters. The van der Waals surface area contributed by atoms with Crippen molar-refractivity contribution >= 4 is 58.2 Å². The van der Waals surface area contributed by atoms with Crippen molar-refractivity contribution in [3.8, 4) is 0 Å². The van der Waals surface area contributed by atoms with Gasteiger partial charge in [0.1, 0.15) is 0 Å². The van der Waals surface area contributed by atoms with E-state index in [1.807, 2.05) is 11.8 Å². The van der Waals surface area contributed by atoms with Crippen LogP contribution in [0.15, 0.2) is 0 Å². The van der Waals surface area contributed by atoms with Gasteiger partial charge in [0, 0.05) is 0 Å². The zero-order chi connectivity index (χ0) is 11.4. The normalized spacial score (nSPS) is 137. The van der Waals surface area contributed by atoms with Gasteiger partial charge in [-0.15, -0.1) is 0 Å². The summed E-state index contributed by atoms with van der Waals surface area (Å²) in [6, 6.07) is 0. The summed E-state index contributed by atoms with van der Waals surface area (Å²) in [4.78, 5) is 4.43. The zero-order valence-corrected chi connectivity index (χ0v) is 13.6. The first-order valence-electron chi connectivity index (χ1n) is 6.19. The Labute approximate surface area is 113 Å². The van der Waals surface area contributed by atoms with Gasteiger partial charge in [0.15, 0.2) is 0 Å². The summed E-state index contributed by atoms with van der Waals surface area (Å²) in [5, 5.41) is 0. The van der Waals surface area contributed by atoms with Gasteiger partial charge in [-0.05, 0) is 0 Å². The van der Waals surface area contributed by atoms with Crippen LogP contribution >= 0.6 is 58.2 Å². The molecule has 10 heterocycles. The molecule has 0 bridgehead atoms. The van der Waals surface area contributed by atoms with Crippen LogP contribution in [0.5, 0.6) is 0 Å². The van der Waals surface area contributed by atoms with E-state index in [1.54, 1.807) is 0 Å². The average molecular weight is 370 g/mol. The molecule has 0 saturated carbocycles. The van der Waals surface area contributed by atoms with Gasteiger partial charge in [-0.1, -0.05) is 0 Å². The molecule has 10 fully saturated rings. The molecule has 17 heavy (non-hydrogen) atoms. The van der Waals surface area contributed by atoms with E-state index in [-0.39, 0.29) is 18.7 Å². The van der Waals surface area contributed by atoms with Crippen LogP contribution in [0.2, 0.25) is 24.1 Å². The molecule has 0 aromatic carbocycles. The quantitative estimate of drug-likeness (QED) is 0.492. The van der Waals surface area contributed by atoms with E-state index >= 15 is 0 Å². The molecule has 10 saturated heterocycles. The van der Waals surface area contributed by atoms with E-state index in [4.69, 9.17) is 46.4 Å². The first-order valence-corrected chi connectivity index (χ1v) is 14.9. The fourth-order valence-electron chi connectivity index (χ4n) is 16.7. The molecule has 10 aliphatic rings. The van der Waals surface area contributed by atoms with Crippen LogP contribution < -0.4 is 0 Å². The van der Waals surface area contributed by atoms with E-state index < -0.39 is 6.51 Å². The standard InChI is InChI=1S/C6H3Cl4S.C5H5.Fe/c1-11-6-4(9)2(7)3(8)5(6)10;1-2-4-5-3-1;/h1H3;1-5H;. The maximum atomic E-state index is 7.34. The topological polar surface area (TPSA) is 0 Å². The molecule has 4 unspecified atom stereocenters. The van der Waals surface area contributed by atoms with Crippen LogP contribution in [0.1, 0.15) is 0 Å². The molecule has 0 amide bonds. The summed E-state index contributed by atoms with van der Waals surface area (Å²) in [6.07, 6.45) is 2.23. The Morgan fingerprint density at radius 3 is 1.18 bits per heavy atom. The summed E-state index contributed by atoms with van der Waals surface area (Å²) in [6.45, 7) is -4.15. The Balaban J connectivity index is 1.92.